The second-order valence-corrected chi connectivity index (χ2v) is 32.1. The fourth-order valence-electron chi connectivity index (χ4n) is 15.0. The number of carbonyl (C=O) groups excluding carboxylic acids is 11. The lowest BCUT2D eigenvalue weighted by atomic mass is 9.84. The van der Waals surface area contributed by atoms with E-state index in [4.69, 9.17) is 63.1 Å². The standard InChI is InChI=1S/C83H87Cl2F4N13O26/c1-31(2)18-47(92-5)73(115)99-62-64(108)35-10-16-51(44(84)20-35)124-53-23-38-24-54(68(53)128-81-69(67(111)66(110)55(30-103)126-81)127-57-28-82(4,70(112)32(3)123-57)93-29-33-6-12-39(13-7-33)94-72(114)37-8-14-43(46(86)22-37)83(87,88)89)125-52-17-11-36(21-45(52)85)65(109)63-78(120)98-61(79(121)101-102-80(122)71(91)113)42-25-40(104)26-50(106)58(42)41-19-34(9-15-49(41)105)59(75(117)100-63)97-76(118)60(38)96-74(116)48(27-56(90)107)95-77(62)119/h6-17,19-26,31-32,47-48,55,57,59-67,69-70,81,92-93,103-106,108-112H,18,27-30H2,1-5H3,(H2,90,107)(H2,91,113)(H,94,114)(H,95,119)(H,96,116)(H,97,118)(H,98,120)(H,99,115)(H,100,117)(H,101,121)(H,102,122)/t32-,47+,48-,55+,57-,59+,60+,61+,62+,63-,64+,65+,66+,67-,69+,70+,81-,82-/m0/s1. The van der Waals surface area contributed by atoms with E-state index in [1.165, 1.54) is 32.2 Å². The molecule has 24 N–H and O–H groups in total. The smallest absolute Gasteiger partial charge is 0.419 e. The average Bonchev–Trinajstić information content (AvgIpc) is 0.759. The molecule has 11 bridgehead atoms. The van der Waals surface area contributed by atoms with Crippen molar-refractivity contribution in [1.82, 2.24) is 53.4 Å². The van der Waals surface area contributed by atoms with Crippen LogP contribution in [-0.2, 0) is 74.9 Å². The highest BCUT2D eigenvalue weighted by Crippen LogP contribution is 2.50. The Morgan fingerprint density at radius 2 is 1.30 bits per heavy atom. The molecule has 128 heavy (non-hydrogen) atoms. The molecule has 0 spiro atoms. The molecule has 7 aliphatic rings. The second-order valence-electron chi connectivity index (χ2n) is 31.3. The summed E-state index contributed by atoms with van der Waals surface area (Å²) in [5.74, 6) is -22.8. The molecule has 2 fully saturated rings. The van der Waals surface area contributed by atoms with Gasteiger partial charge in [-0.1, -0.05) is 67.4 Å². The highest BCUT2D eigenvalue weighted by molar-refractivity contribution is 6.34. The molecule has 7 aliphatic heterocycles. The Morgan fingerprint density at radius 1 is 0.680 bits per heavy atom. The normalized spacial score (nSPS) is 25.7. The van der Waals surface area contributed by atoms with Gasteiger partial charge in [0.15, 0.2) is 23.9 Å². The van der Waals surface area contributed by atoms with E-state index < -0.39 is 294 Å². The lowest BCUT2D eigenvalue weighted by Crippen LogP contribution is -2.65. The van der Waals surface area contributed by atoms with Gasteiger partial charge in [0.2, 0.25) is 53.4 Å². The predicted molar refractivity (Wildman–Crippen MR) is 436 cm³/mol. The van der Waals surface area contributed by atoms with Crippen LogP contribution in [0.15, 0.2) is 121 Å². The molecule has 0 unspecified atom stereocenters. The zero-order valence-corrected chi connectivity index (χ0v) is 69.4. The number of fused-ring (bicyclic) bond motifs is 15. The molecular formula is C83H87Cl2F4N13O26. The molecule has 39 nitrogen and oxygen atoms in total. The number of phenols is 3. The summed E-state index contributed by atoms with van der Waals surface area (Å²) in [5.41, 5.74) is 8.28. The molecule has 14 rings (SSSR count). The Bertz CT molecular complexity index is 5510. The van der Waals surface area contributed by atoms with E-state index in [9.17, 15) is 92.3 Å². The van der Waals surface area contributed by atoms with Gasteiger partial charge in [0.25, 0.3) is 11.8 Å². The van der Waals surface area contributed by atoms with Crippen LogP contribution in [0.3, 0.4) is 0 Å². The zero-order chi connectivity index (χ0) is 93.1. The van der Waals surface area contributed by atoms with Crippen LogP contribution in [0.1, 0.15) is 127 Å². The van der Waals surface area contributed by atoms with Gasteiger partial charge >= 0.3 is 18.0 Å². The number of amides is 11. The number of aliphatic hydroxyl groups is 6. The van der Waals surface area contributed by atoms with Crippen molar-refractivity contribution in [2.75, 3.05) is 19.0 Å². The van der Waals surface area contributed by atoms with Crippen LogP contribution in [0.5, 0.6) is 46.0 Å². The van der Waals surface area contributed by atoms with Crippen molar-refractivity contribution in [3.05, 3.63) is 182 Å². The van der Waals surface area contributed by atoms with Gasteiger partial charge in [-0.3, -0.25) is 63.6 Å². The number of hydrogen-bond donors (Lipinski definition) is 22. The summed E-state index contributed by atoms with van der Waals surface area (Å²) >= 11 is 14.3. The number of alkyl halides is 3. The van der Waals surface area contributed by atoms with Crippen LogP contribution >= 0.6 is 23.2 Å². The molecule has 2 saturated heterocycles. The van der Waals surface area contributed by atoms with Gasteiger partial charge in [-0.2, -0.15) is 13.2 Å². The Balaban J connectivity index is 1.01. The minimum atomic E-state index is -5.02. The number of hydrogen-bond acceptors (Lipinski definition) is 28. The number of hydrazine groups is 1. The van der Waals surface area contributed by atoms with E-state index in [0.717, 1.165) is 72.8 Å². The average molecular weight is 1830 g/mol. The van der Waals surface area contributed by atoms with Crippen LogP contribution in [0.2, 0.25) is 10.0 Å². The SMILES string of the molecule is CN[C@H](CC(C)C)C(=O)N[C@H]1C(=O)N[C@@H](CC(N)=O)C(=O)N[C@H]2C(=O)N[C@H]3C(=O)N[C@H](C(=O)N[C@@H](C(=O)NNC(=O)C(N)=O)c4cc(O)cc(O)c4-c4cc3ccc4O)[C@H](O)c3ccc(c(Cl)c3)Oc3cc2cc(c3O[C@@H]2O[C@H](CO)[C@@H](O)[C@H](O)[C@H]2O[C@H]2C[C@](C)(NCc3ccc(NC(=O)c4ccc(C(F)(F)F)c(F)c4)cc3)[C@H](O)[C@H](C)O2)Oc2ccc(cc2Cl)[C@H]1O. The van der Waals surface area contributed by atoms with Crippen molar-refractivity contribution >= 4 is 93.9 Å². The molecular weight excluding hydrogens is 1740 g/mol. The first-order valence-corrected chi connectivity index (χ1v) is 40.0. The predicted octanol–water partition coefficient (Wildman–Crippen LogP) is 1.90. The lowest BCUT2D eigenvalue weighted by molar-refractivity contribution is -0.334. The third-order valence-electron chi connectivity index (χ3n) is 21.7. The van der Waals surface area contributed by atoms with Crippen LogP contribution in [-0.4, -0.2) is 204 Å². The minimum absolute atomic E-state index is 0.0491. The topological polar surface area (TPSA) is 610 Å². The van der Waals surface area contributed by atoms with Gasteiger partial charge in [0.05, 0.1) is 46.9 Å². The molecule has 11 amide bonds. The van der Waals surface area contributed by atoms with E-state index in [-0.39, 0.29) is 42.1 Å². The van der Waals surface area contributed by atoms with Gasteiger partial charge < -0.3 is 134 Å². The van der Waals surface area contributed by atoms with Gasteiger partial charge in [0.1, 0.15) is 101 Å². The number of anilines is 1. The van der Waals surface area contributed by atoms with Crippen LogP contribution < -0.4 is 84.4 Å². The van der Waals surface area contributed by atoms with Gasteiger partial charge in [-0.25, -0.2) is 4.39 Å². The van der Waals surface area contributed by atoms with Gasteiger partial charge in [0, 0.05) is 46.9 Å². The lowest BCUT2D eigenvalue weighted by Gasteiger charge is -2.48. The molecule has 7 heterocycles. The van der Waals surface area contributed by atoms with Crippen molar-refractivity contribution in [1.29, 1.82) is 0 Å². The van der Waals surface area contributed by atoms with Crippen molar-refractivity contribution in [2.45, 2.75) is 169 Å². The summed E-state index contributed by atoms with van der Waals surface area (Å²) < 4.78 is 93.6. The molecule has 0 saturated carbocycles. The fourth-order valence-corrected chi connectivity index (χ4v) is 15.5. The van der Waals surface area contributed by atoms with E-state index in [0.29, 0.717) is 23.8 Å². The number of rotatable bonds is 18. The molecule has 0 aromatic heterocycles. The number of aliphatic hydroxyl groups excluding tert-OH is 6. The maximum atomic E-state index is 16.3. The first-order chi connectivity index (χ1) is 60.4. The van der Waals surface area contributed by atoms with Crippen molar-refractivity contribution in [3.63, 3.8) is 0 Å². The molecule has 7 aromatic carbocycles. The van der Waals surface area contributed by atoms with Crippen molar-refractivity contribution < 1.29 is 145 Å². The summed E-state index contributed by atoms with van der Waals surface area (Å²) in [6.07, 6.45) is -25.2. The molecule has 18 atom stereocenters. The van der Waals surface area contributed by atoms with E-state index in [2.05, 4.69) is 47.9 Å². The quantitative estimate of drug-likeness (QED) is 0.0331. The summed E-state index contributed by atoms with van der Waals surface area (Å²) in [5, 5.41) is 129. The summed E-state index contributed by atoms with van der Waals surface area (Å²) in [7, 11) is 1.44. The van der Waals surface area contributed by atoms with Crippen LogP contribution in [0.25, 0.3) is 11.1 Å². The number of nitrogens with one attached hydrogen (secondary N) is 11. The highest BCUT2D eigenvalue weighted by atomic mass is 35.5. The highest BCUT2D eigenvalue weighted by Gasteiger charge is 2.53. The van der Waals surface area contributed by atoms with E-state index >= 15 is 24.0 Å². The maximum Gasteiger partial charge on any atom is 0.419 e. The number of nitrogens with two attached hydrogens (primary N) is 2. The number of primary amides is 2. The largest absolute Gasteiger partial charge is 0.508 e. The molecule has 7 aromatic rings. The summed E-state index contributed by atoms with van der Waals surface area (Å²) in [6, 6.07) is 5.58. The third-order valence-corrected chi connectivity index (χ3v) is 22.3. The number of carbonyl (C=O) groups is 11. The first kappa shape index (κ1) is 94.5. The summed E-state index contributed by atoms with van der Waals surface area (Å²) in [4.78, 5) is 157. The number of phenolic OH excluding ortho intramolecular Hbond substituents is 3. The Labute approximate surface area is 732 Å². The van der Waals surface area contributed by atoms with E-state index in [1.54, 1.807) is 38.3 Å². The monoisotopic (exact) mass is 1830 g/mol. The molecule has 45 heteroatoms. The number of benzene rings is 7. The molecule has 682 valence electrons. The van der Waals surface area contributed by atoms with E-state index in [1.807, 2.05) is 5.43 Å². The number of ether oxygens (including phenoxy) is 6. The number of halogens is 6. The third kappa shape index (κ3) is 21.0. The zero-order valence-electron chi connectivity index (χ0n) is 67.9. The van der Waals surface area contributed by atoms with Crippen LogP contribution in [0, 0.1) is 11.7 Å². The molecule has 0 aliphatic carbocycles. The first-order valence-electron chi connectivity index (χ1n) is 39.3. The minimum Gasteiger partial charge on any atom is -0.508 e. The van der Waals surface area contributed by atoms with Gasteiger partial charge in [-0.15, -0.1) is 0 Å². The Hall–Kier alpha value is -12.6. The van der Waals surface area contributed by atoms with Gasteiger partial charge in [-0.05, 0) is 152 Å². The number of aromatic hydroxyl groups is 3. The van der Waals surface area contributed by atoms with Crippen molar-refractivity contribution in [3.8, 4) is 57.1 Å². The maximum absolute atomic E-state index is 16.3. The summed E-state index contributed by atoms with van der Waals surface area (Å²) in [6.45, 7) is 5.50. The fraction of sp³-hybridized carbons (Fsp3) is 0.361. The van der Waals surface area contributed by atoms with Crippen molar-refractivity contribution in [2.24, 2.45) is 17.4 Å². The number of likely N-dealkylation sites (N-methyl/N-ethyl adjacent to an activating group) is 1. The van der Waals surface area contributed by atoms with Crippen LogP contribution in [0.4, 0.5) is 23.2 Å². The molecule has 0 radical (unpaired) electrons. The second kappa shape index (κ2) is 38.9. The Kier molecular flexibility index (Phi) is 28.7. The Morgan fingerprint density at radius 3 is 1.91 bits per heavy atom.